The van der Waals surface area contributed by atoms with Gasteiger partial charge in [0.15, 0.2) is 5.01 Å². The molecule has 0 spiro atoms. The second-order valence-electron chi connectivity index (χ2n) is 6.62. The topological polar surface area (TPSA) is 83.6 Å². The summed E-state index contributed by atoms with van der Waals surface area (Å²) >= 11 is 1.32. The number of pyridine rings is 1. The maximum Gasteiger partial charge on any atom is 0.268 e. The Hall–Kier alpha value is -3.27. The lowest BCUT2D eigenvalue weighted by molar-refractivity contribution is 0.0946. The van der Waals surface area contributed by atoms with Crippen LogP contribution < -0.4 is 5.32 Å². The number of aromatic amines is 1. The molecule has 0 aromatic carbocycles. The third-order valence-corrected chi connectivity index (χ3v) is 5.38. The van der Waals surface area contributed by atoms with Gasteiger partial charge in [0.2, 0.25) is 0 Å². The molecule has 1 aliphatic rings. The zero-order valence-electron chi connectivity index (χ0n) is 15.5. The average Bonchev–Trinajstić information content (AvgIpc) is 3.39. The van der Waals surface area contributed by atoms with E-state index in [1.54, 1.807) is 12.3 Å². The van der Waals surface area contributed by atoms with Gasteiger partial charge in [-0.25, -0.2) is 13.2 Å². The Kier molecular flexibility index (Phi) is 5.75. The summed E-state index contributed by atoms with van der Waals surface area (Å²) in [4.78, 5) is 19.3. The van der Waals surface area contributed by atoms with Crippen molar-refractivity contribution in [3.05, 3.63) is 76.2 Å². The van der Waals surface area contributed by atoms with Crippen molar-refractivity contribution in [3.8, 4) is 10.7 Å². The Morgan fingerprint density at radius 3 is 2.93 bits per heavy atom. The van der Waals surface area contributed by atoms with E-state index >= 15 is 0 Å². The van der Waals surface area contributed by atoms with E-state index in [1.165, 1.54) is 23.6 Å². The first-order valence-corrected chi connectivity index (χ1v) is 9.90. The number of alkyl halides is 1. The van der Waals surface area contributed by atoms with Crippen LogP contribution in [0, 0.1) is 0 Å². The molecular formula is C20H16F3N5OS. The highest BCUT2D eigenvalue weighted by molar-refractivity contribution is 7.14. The van der Waals surface area contributed by atoms with Crippen LogP contribution in [-0.2, 0) is 13.0 Å². The van der Waals surface area contributed by atoms with E-state index < -0.39 is 30.2 Å². The second kappa shape index (κ2) is 8.62. The molecule has 10 heteroatoms. The number of amides is 1. The molecule has 3 aromatic heterocycles. The van der Waals surface area contributed by atoms with E-state index in [9.17, 15) is 18.0 Å². The monoisotopic (exact) mass is 431 g/mol. The largest absolute Gasteiger partial charge is 0.357 e. The Morgan fingerprint density at radius 1 is 1.30 bits per heavy atom. The standard InChI is InChI=1S/C20H16F3N5OS/c21-12-7-14(22)13(15(23)8-12)5-11-6-17(25-9-11)19(29)26-10-18-27-28-20(30-18)16-3-1-2-4-24-16/h1-4,6-7,9,12,25H,5,8,10H2,(H,26,29). The van der Waals surface area contributed by atoms with Crippen LogP contribution in [0.1, 0.15) is 27.5 Å². The minimum Gasteiger partial charge on any atom is -0.357 e. The van der Waals surface area contributed by atoms with Gasteiger partial charge in [-0.05, 0) is 29.8 Å². The predicted octanol–water partition coefficient (Wildman–Crippen LogP) is 4.22. The molecule has 0 bridgehead atoms. The van der Waals surface area contributed by atoms with Gasteiger partial charge in [0, 0.05) is 30.8 Å². The number of carbonyl (C=O) groups is 1. The molecule has 2 N–H and O–H groups in total. The number of hydrogen-bond donors (Lipinski definition) is 2. The summed E-state index contributed by atoms with van der Waals surface area (Å²) in [5.41, 5.74) is 1.26. The van der Waals surface area contributed by atoms with Gasteiger partial charge in [-0.3, -0.25) is 9.78 Å². The first-order valence-electron chi connectivity index (χ1n) is 9.08. The zero-order chi connectivity index (χ0) is 21.1. The summed E-state index contributed by atoms with van der Waals surface area (Å²) < 4.78 is 40.9. The summed E-state index contributed by atoms with van der Waals surface area (Å²) in [5, 5.41) is 12.1. The molecule has 154 valence electrons. The number of hydrogen-bond acceptors (Lipinski definition) is 5. The van der Waals surface area contributed by atoms with Gasteiger partial charge < -0.3 is 10.3 Å². The van der Waals surface area contributed by atoms with Crippen LogP contribution in [0.25, 0.3) is 10.7 Å². The van der Waals surface area contributed by atoms with Crippen molar-refractivity contribution in [1.29, 1.82) is 0 Å². The van der Waals surface area contributed by atoms with E-state index in [-0.39, 0.29) is 24.2 Å². The van der Waals surface area contributed by atoms with Crippen molar-refractivity contribution in [2.24, 2.45) is 0 Å². The number of halogens is 3. The Bertz CT molecular complexity index is 1120. The van der Waals surface area contributed by atoms with Crippen LogP contribution >= 0.6 is 11.3 Å². The maximum atomic E-state index is 13.9. The zero-order valence-corrected chi connectivity index (χ0v) is 16.3. The predicted molar refractivity (Wildman–Crippen MR) is 106 cm³/mol. The van der Waals surface area contributed by atoms with Gasteiger partial charge in [0.25, 0.3) is 5.91 Å². The summed E-state index contributed by atoms with van der Waals surface area (Å²) in [6.07, 6.45) is 1.72. The number of allylic oxidation sites excluding steroid dienone is 4. The van der Waals surface area contributed by atoms with E-state index in [0.717, 1.165) is 6.08 Å². The SMILES string of the molecule is O=C(NCc1nnc(-c2ccccn2)s1)c1cc(CC2=C(F)CC(F)C=C2F)c[nH]1. The summed E-state index contributed by atoms with van der Waals surface area (Å²) in [6.45, 7) is 0.173. The van der Waals surface area contributed by atoms with E-state index in [0.29, 0.717) is 21.3 Å². The maximum absolute atomic E-state index is 13.9. The second-order valence-corrected chi connectivity index (χ2v) is 7.68. The van der Waals surface area contributed by atoms with Gasteiger partial charge in [-0.2, -0.15) is 0 Å². The minimum absolute atomic E-state index is 0.0749. The summed E-state index contributed by atoms with van der Waals surface area (Å²) in [5.74, 6) is -2.11. The number of carbonyl (C=O) groups excluding carboxylic acids is 1. The lowest BCUT2D eigenvalue weighted by Gasteiger charge is -2.14. The third kappa shape index (κ3) is 4.48. The normalized spacial score (nSPS) is 16.5. The lowest BCUT2D eigenvalue weighted by atomic mass is 9.98. The van der Waals surface area contributed by atoms with Gasteiger partial charge in [-0.15, -0.1) is 10.2 Å². The molecule has 0 saturated carbocycles. The first-order chi connectivity index (χ1) is 14.5. The van der Waals surface area contributed by atoms with Crippen LogP contribution in [0.3, 0.4) is 0 Å². The molecule has 0 aliphatic heterocycles. The molecule has 6 nitrogen and oxygen atoms in total. The van der Waals surface area contributed by atoms with E-state index in [4.69, 9.17) is 0 Å². The van der Waals surface area contributed by atoms with Crippen molar-refractivity contribution < 1.29 is 18.0 Å². The fourth-order valence-corrected chi connectivity index (χ4v) is 3.72. The van der Waals surface area contributed by atoms with Crippen LogP contribution in [0.15, 0.2) is 60.0 Å². The van der Waals surface area contributed by atoms with Crippen molar-refractivity contribution in [3.63, 3.8) is 0 Å². The van der Waals surface area contributed by atoms with Crippen molar-refractivity contribution in [1.82, 2.24) is 25.5 Å². The smallest absolute Gasteiger partial charge is 0.268 e. The van der Waals surface area contributed by atoms with Crippen LogP contribution in [0.5, 0.6) is 0 Å². The Morgan fingerprint density at radius 2 is 2.17 bits per heavy atom. The van der Waals surface area contributed by atoms with Gasteiger partial charge in [0.1, 0.15) is 34.2 Å². The number of nitrogens with zero attached hydrogens (tertiary/aromatic N) is 3. The molecular weight excluding hydrogens is 415 g/mol. The molecule has 0 radical (unpaired) electrons. The van der Waals surface area contributed by atoms with E-state index in [1.807, 2.05) is 12.1 Å². The molecule has 30 heavy (non-hydrogen) atoms. The fourth-order valence-electron chi connectivity index (χ4n) is 2.97. The average molecular weight is 431 g/mol. The number of H-pyrrole nitrogens is 1. The van der Waals surface area contributed by atoms with Gasteiger partial charge in [-0.1, -0.05) is 17.4 Å². The molecule has 1 amide bonds. The summed E-state index contributed by atoms with van der Waals surface area (Å²) in [6, 6.07) is 6.97. The highest BCUT2D eigenvalue weighted by atomic mass is 32.1. The molecule has 1 unspecified atom stereocenters. The van der Waals surface area contributed by atoms with Crippen molar-refractivity contribution in [2.75, 3.05) is 0 Å². The lowest BCUT2D eigenvalue weighted by Crippen LogP contribution is -2.23. The fraction of sp³-hybridized carbons (Fsp3) is 0.200. The molecule has 1 atom stereocenters. The van der Waals surface area contributed by atoms with Crippen LogP contribution in [0.2, 0.25) is 0 Å². The van der Waals surface area contributed by atoms with Crippen molar-refractivity contribution in [2.45, 2.75) is 25.6 Å². The Balaban J connectivity index is 1.36. The highest BCUT2D eigenvalue weighted by Gasteiger charge is 2.23. The summed E-state index contributed by atoms with van der Waals surface area (Å²) in [7, 11) is 0. The molecule has 3 heterocycles. The highest BCUT2D eigenvalue weighted by Crippen LogP contribution is 2.31. The number of nitrogens with one attached hydrogen (secondary N) is 2. The molecule has 3 aromatic rings. The number of rotatable bonds is 6. The number of aromatic nitrogens is 4. The van der Waals surface area contributed by atoms with Crippen LogP contribution in [0.4, 0.5) is 13.2 Å². The quantitative estimate of drug-likeness (QED) is 0.612. The third-order valence-electron chi connectivity index (χ3n) is 4.44. The first kappa shape index (κ1) is 20.0. The van der Waals surface area contributed by atoms with Gasteiger partial charge >= 0.3 is 0 Å². The molecule has 0 saturated heterocycles. The Labute approximate surface area is 173 Å². The molecule has 4 rings (SSSR count). The minimum atomic E-state index is -1.65. The molecule has 0 fully saturated rings. The van der Waals surface area contributed by atoms with E-state index in [2.05, 4.69) is 25.5 Å². The van der Waals surface area contributed by atoms with Crippen LogP contribution in [-0.4, -0.2) is 32.2 Å². The van der Waals surface area contributed by atoms with Crippen molar-refractivity contribution >= 4 is 17.2 Å². The molecule has 1 aliphatic carbocycles. The van der Waals surface area contributed by atoms with Gasteiger partial charge in [0.05, 0.1) is 6.54 Å².